The molecule has 0 aromatic carbocycles. The van der Waals surface area contributed by atoms with E-state index >= 15 is 0 Å². The number of amides is 1. The molecule has 3 aliphatic rings. The number of piperidine rings is 1. The molecule has 1 spiro atoms. The van der Waals surface area contributed by atoms with Crippen LogP contribution in [-0.4, -0.2) is 35.1 Å². The lowest BCUT2D eigenvalue weighted by Gasteiger charge is -2.26. The molecule has 72 valence electrons. The van der Waals surface area contributed by atoms with Crippen molar-refractivity contribution in [2.45, 2.75) is 25.8 Å². The van der Waals surface area contributed by atoms with E-state index in [4.69, 9.17) is 0 Å². The van der Waals surface area contributed by atoms with Gasteiger partial charge in [-0.3, -0.25) is 4.79 Å². The predicted octanol–water partition coefficient (Wildman–Crippen LogP) is 0.236. The van der Waals surface area contributed by atoms with Crippen molar-refractivity contribution >= 4 is 5.91 Å². The molecule has 1 heterocycles. The minimum Gasteiger partial charge on any atom is -0.394 e. The fraction of sp³-hybridized carbons (Fsp3) is 0.900. The lowest BCUT2D eigenvalue weighted by molar-refractivity contribution is -0.131. The minimum absolute atomic E-state index is 0.127. The Balaban J connectivity index is 1.81. The summed E-state index contributed by atoms with van der Waals surface area (Å²) in [6.07, 6.45) is 2.68. The predicted molar refractivity (Wildman–Crippen MR) is 46.9 cm³/mol. The van der Waals surface area contributed by atoms with Crippen LogP contribution in [0, 0.1) is 17.3 Å². The van der Waals surface area contributed by atoms with Gasteiger partial charge in [0.25, 0.3) is 0 Å². The van der Waals surface area contributed by atoms with Crippen molar-refractivity contribution in [3.8, 4) is 0 Å². The highest BCUT2D eigenvalue weighted by Crippen LogP contribution is 2.78. The van der Waals surface area contributed by atoms with Crippen LogP contribution in [0.4, 0.5) is 0 Å². The maximum Gasteiger partial charge on any atom is 0.219 e. The molecule has 3 atom stereocenters. The Labute approximate surface area is 77.7 Å². The van der Waals surface area contributed by atoms with E-state index in [0.29, 0.717) is 11.3 Å². The molecule has 3 fully saturated rings. The lowest BCUT2D eigenvalue weighted by atomic mass is 10.1. The van der Waals surface area contributed by atoms with Crippen molar-refractivity contribution in [2.75, 3.05) is 13.2 Å². The summed E-state index contributed by atoms with van der Waals surface area (Å²) < 4.78 is 0. The molecule has 1 saturated heterocycles. The highest BCUT2D eigenvalue weighted by molar-refractivity contribution is 5.74. The molecule has 1 N–H and O–H groups in total. The molecule has 0 unspecified atom stereocenters. The number of hydrogen-bond donors (Lipinski definition) is 1. The van der Waals surface area contributed by atoms with E-state index in [-0.39, 0.29) is 18.6 Å². The maximum atomic E-state index is 11.2. The molecule has 0 aromatic rings. The van der Waals surface area contributed by atoms with Gasteiger partial charge in [0.2, 0.25) is 5.91 Å². The van der Waals surface area contributed by atoms with Crippen molar-refractivity contribution in [1.82, 2.24) is 4.90 Å². The van der Waals surface area contributed by atoms with Crippen molar-refractivity contribution in [3.05, 3.63) is 0 Å². The standard InChI is InChI=1S/C10H15NO2/c1-6(13)11-4-7-9(8(11)5-12)10(7)2-3-10/h7-9,12H,2-5H2,1H3/t7-,8+,9-/m0/s1. The summed E-state index contributed by atoms with van der Waals surface area (Å²) in [5.74, 6) is 1.50. The van der Waals surface area contributed by atoms with Crippen LogP contribution in [0.2, 0.25) is 0 Å². The Morgan fingerprint density at radius 3 is 2.77 bits per heavy atom. The fourth-order valence-electron chi connectivity index (χ4n) is 3.52. The summed E-state index contributed by atoms with van der Waals surface area (Å²) in [6, 6.07) is 0.144. The van der Waals surface area contributed by atoms with Crippen LogP contribution >= 0.6 is 0 Å². The molecule has 3 heteroatoms. The lowest BCUT2D eigenvalue weighted by Crippen LogP contribution is -2.40. The Hall–Kier alpha value is -0.570. The van der Waals surface area contributed by atoms with Crippen LogP contribution in [-0.2, 0) is 4.79 Å². The van der Waals surface area contributed by atoms with E-state index in [1.165, 1.54) is 12.8 Å². The van der Waals surface area contributed by atoms with Gasteiger partial charge in [-0.05, 0) is 30.1 Å². The average molecular weight is 181 g/mol. The first kappa shape index (κ1) is 7.80. The smallest absolute Gasteiger partial charge is 0.219 e. The number of likely N-dealkylation sites (tertiary alicyclic amines) is 1. The SMILES string of the molecule is CC(=O)N1C[C@H]2[C@@H]([C@H]1CO)C21CC1. The first-order valence-electron chi connectivity index (χ1n) is 5.09. The average Bonchev–Trinajstić information content (AvgIpc) is 2.95. The molecule has 13 heavy (non-hydrogen) atoms. The Morgan fingerprint density at radius 1 is 1.62 bits per heavy atom. The molecular weight excluding hydrogens is 166 g/mol. The maximum absolute atomic E-state index is 11.2. The third kappa shape index (κ3) is 0.766. The minimum atomic E-state index is 0.127. The van der Waals surface area contributed by atoms with Crippen LogP contribution in [0.1, 0.15) is 19.8 Å². The molecule has 1 amide bonds. The van der Waals surface area contributed by atoms with E-state index in [2.05, 4.69) is 0 Å². The zero-order valence-electron chi connectivity index (χ0n) is 7.86. The summed E-state index contributed by atoms with van der Waals surface area (Å²) in [5, 5.41) is 9.25. The second-order valence-electron chi connectivity index (χ2n) is 4.79. The highest BCUT2D eigenvalue weighted by Gasteiger charge is 2.77. The molecule has 3 rings (SSSR count). The fourth-order valence-corrected chi connectivity index (χ4v) is 3.52. The molecule has 0 bridgehead atoms. The van der Waals surface area contributed by atoms with Crippen molar-refractivity contribution in [3.63, 3.8) is 0 Å². The van der Waals surface area contributed by atoms with Gasteiger partial charge in [-0.2, -0.15) is 0 Å². The summed E-state index contributed by atoms with van der Waals surface area (Å²) in [6.45, 7) is 2.67. The summed E-state index contributed by atoms with van der Waals surface area (Å²) in [4.78, 5) is 13.1. The number of nitrogens with zero attached hydrogens (tertiary/aromatic N) is 1. The van der Waals surface area contributed by atoms with Gasteiger partial charge in [-0.25, -0.2) is 0 Å². The van der Waals surface area contributed by atoms with Crippen LogP contribution in [0.25, 0.3) is 0 Å². The van der Waals surface area contributed by atoms with Crippen molar-refractivity contribution in [2.24, 2.45) is 17.3 Å². The number of carbonyl (C=O) groups excluding carboxylic acids is 1. The Kier molecular flexibility index (Phi) is 1.25. The topological polar surface area (TPSA) is 40.5 Å². The van der Waals surface area contributed by atoms with Crippen LogP contribution in [0.15, 0.2) is 0 Å². The van der Waals surface area contributed by atoms with E-state index in [1.807, 2.05) is 4.90 Å². The van der Waals surface area contributed by atoms with E-state index in [9.17, 15) is 9.90 Å². The molecule has 1 aliphatic heterocycles. The zero-order chi connectivity index (χ0) is 9.22. The number of hydrogen-bond acceptors (Lipinski definition) is 2. The van der Waals surface area contributed by atoms with Gasteiger partial charge in [-0.1, -0.05) is 0 Å². The summed E-state index contributed by atoms with van der Waals surface area (Å²) in [7, 11) is 0. The first-order valence-corrected chi connectivity index (χ1v) is 5.09. The molecule has 2 aliphatic carbocycles. The highest BCUT2D eigenvalue weighted by atomic mass is 16.3. The van der Waals surface area contributed by atoms with Gasteiger partial charge in [0.15, 0.2) is 0 Å². The summed E-state index contributed by atoms with van der Waals surface area (Å²) in [5.41, 5.74) is 0.597. The van der Waals surface area contributed by atoms with Crippen molar-refractivity contribution in [1.29, 1.82) is 0 Å². The normalized spacial score (nSPS) is 43.5. The molecular formula is C10H15NO2. The number of aliphatic hydroxyl groups is 1. The third-order valence-corrected chi connectivity index (χ3v) is 4.35. The van der Waals surface area contributed by atoms with Crippen LogP contribution < -0.4 is 0 Å². The molecule has 0 aromatic heterocycles. The van der Waals surface area contributed by atoms with E-state index in [1.54, 1.807) is 6.92 Å². The van der Waals surface area contributed by atoms with Gasteiger partial charge < -0.3 is 10.0 Å². The van der Waals surface area contributed by atoms with Gasteiger partial charge in [0.1, 0.15) is 0 Å². The van der Waals surface area contributed by atoms with Crippen molar-refractivity contribution < 1.29 is 9.90 Å². The number of fused-ring (bicyclic) bond motifs is 3. The van der Waals surface area contributed by atoms with E-state index < -0.39 is 0 Å². The molecule has 3 nitrogen and oxygen atoms in total. The molecule has 0 radical (unpaired) electrons. The van der Waals surface area contributed by atoms with E-state index in [0.717, 1.165) is 12.5 Å². The van der Waals surface area contributed by atoms with Gasteiger partial charge in [0, 0.05) is 13.5 Å². The number of rotatable bonds is 1. The quantitative estimate of drug-likeness (QED) is 0.629. The summed E-state index contributed by atoms with van der Waals surface area (Å²) >= 11 is 0. The van der Waals surface area contributed by atoms with Gasteiger partial charge in [0.05, 0.1) is 12.6 Å². The van der Waals surface area contributed by atoms with Crippen LogP contribution in [0.3, 0.4) is 0 Å². The van der Waals surface area contributed by atoms with Crippen LogP contribution in [0.5, 0.6) is 0 Å². The Bertz CT molecular complexity index is 272. The number of aliphatic hydroxyl groups excluding tert-OH is 1. The zero-order valence-corrected chi connectivity index (χ0v) is 7.86. The second kappa shape index (κ2) is 2.08. The monoisotopic (exact) mass is 181 g/mol. The second-order valence-corrected chi connectivity index (χ2v) is 4.79. The Morgan fingerprint density at radius 2 is 2.31 bits per heavy atom. The molecule has 2 saturated carbocycles. The largest absolute Gasteiger partial charge is 0.394 e. The van der Waals surface area contributed by atoms with Gasteiger partial charge in [-0.15, -0.1) is 0 Å². The number of carbonyl (C=O) groups is 1. The third-order valence-electron chi connectivity index (χ3n) is 4.35. The first-order chi connectivity index (χ1) is 6.20. The van der Waals surface area contributed by atoms with Gasteiger partial charge >= 0.3 is 0 Å².